The zero-order valence-electron chi connectivity index (χ0n) is 12.2. The summed E-state index contributed by atoms with van der Waals surface area (Å²) in [6.45, 7) is 0. The van der Waals surface area contributed by atoms with Crippen LogP contribution in [0, 0.1) is 0 Å². The van der Waals surface area contributed by atoms with Gasteiger partial charge in [-0.05, 0) is 36.4 Å². The van der Waals surface area contributed by atoms with Crippen molar-refractivity contribution in [2.75, 3.05) is 5.73 Å². The van der Waals surface area contributed by atoms with Crippen LogP contribution in [-0.4, -0.2) is 19.9 Å². The van der Waals surface area contributed by atoms with Crippen molar-refractivity contribution in [2.45, 2.75) is 0 Å². The average molecular weight is 299 g/mol. The number of nitrogen functional groups attached to an aromatic ring is 1. The minimum absolute atomic E-state index is 0.597. The number of nitrogens with two attached hydrogens (primary N) is 1. The van der Waals surface area contributed by atoms with Gasteiger partial charge >= 0.3 is 0 Å². The van der Waals surface area contributed by atoms with Gasteiger partial charge in [0.05, 0.1) is 22.6 Å². The second-order valence-electron chi connectivity index (χ2n) is 5.07. The number of fused-ring (bicyclic) bond motifs is 1. The van der Waals surface area contributed by atoms with E-state index in [1.807, 2.05) is 54.6 Å². The van der Waals surface area contributed by atoms with E-state index < -0.39 is 0 Å². The SMILES string of the molecule is Nc1cccc2nc(-c3ccccn3)c(-c3ccccn3)nc12. The largest absolute Gasteiger partial charge is 0.397 e. The van der Waals surface area contributed by atoms with Crippen LogP contribution in [0.3, 0.4) is 0 Å². The maximum atomic E-state index is 6.05. The molecular formula is C18H13N5. The Morgan fingerprint density at radius 3 is 1.91 bits per heavy atom. The van der Waals surface area contributed by atoms with Gasteiger partial charge in [-0.2, -0.15) is 0 Å². The first kappa shape index (κ1) is 13.3. The third-order valence-electron chi connectivity index (χ3n) is 3.54. The molecule has 3 heterocycles. The Hall–Kier alpha value is -3.34. The molecular weight excluding hydrogens is 286 g/mol. The molecule has 23 heavy (non-hydrogen) atoms. The molecule has 3 aromatic heterocycles. The smallest absolute Gasteiger partial charge is 0.117 e. The summed E-state index contributed by atoms with van der Waals surface area (Å²) in [6.07, 6.45) is 3.47. The van der Waals surface area contributed by atoms with Gasteiger partial charge in [0, 0.05) is 12.4 Å². The fourth-order valence-corrected chi connectivity index (χ4v) is 2.46. The van der Waals surface area contributed by atoms with Crippen molar-refractivity contribution in [3.05, 3.63) is 67.0 Å². The zero-order chi connectivity index (χ0) is 15.6. The van der Waals surface area contributed by atoms with E-state index in [2.05, 4.69) is 9.97 Å². The van der Waals surface area contributed by atoms with Gasteiger partial charge in [-0.1, -0.05) is 18.2 Å². The molecule has 4 aromatic rings. The highest BCUT2D eigenvalue weighted by Gasteiger charge is 2.15. The number of hydrogen-bond acceptors (Lipinski definition) is 5. The van der Waals surface area contributed by atoms with Gasteiger partial charge in [0.2, 0.25) is 0 Å². The summed E-state index contributed by atoms with van der Waals surface area (Å²) in [5.74, 6) is 0. The summed E-state index contributed by atoms with van der Waals surface area (Å²) in [5.41, 5.74) is 10.9. The Morgan fingerprint density at radius 2 is 1.30 bits per heavy atom. The summed E-state index contributed by atoms with van der Waals surface area (Å²) in [5, 5.41) is 0. The normalized spacial score (nSPS) is 10.8. The van der Waals surface area contributed by atoms with Gasteiger partial charge in [0.15, 0.2) is 0 Å². The topological polar surface area (TPSA) is 77.6 Å². The molecule has 5 heteroatoms. The van der Waals surface area contributed by atoms with Crippen molar-refractivity contribution in [3.8, 4) is 22.8 Å². The van der Waals surface area contributed by atoms with Crippen molar-refractivity contribution in [3.63, 3.8) is 0 Å². The summed E-state index contributed by atoms with van der Waals surface area (Å²) < 4.78 is 0. The molecule has 0 fully saturated rings. The summed E-state index contributed by atoms with van der Waals surface area (Å²) in [4.78, 5) is 18.3. The number of para-hydroxylation sites is 1. The first-order valence-electron chi connectivity index (χ1n) is 7.22. The van der Waals surface area contributed by atoms with Crippen LogP contribution in [0.1, 0.15) is 0 Å². The maximum absolute atomic E-state index is 6.05. The molecule has 0 bridgehead atoms. The highest BCUT2D eigenvalue weighted by molar-refractivity contribution is 5.91. The van der Waals surface area contributed by atoms with Crippen molar-refractivity contribution >= 4 is 16.7 Å². The Bertz CT molecular complexity index is 968. The lowest BCUT2D eigenvalue weighted by Gasteiger charge is -2.10. The van der Waals surface area contributed by atoms with Crippen LogP contribution in [-0.2, 0) is 0 Å². The van der Waals surface area contributed by atoms with Gasteiger partial charge in [0.25, 0.3) is 0 Å². The fraction of sp³-hybridized carbons (Fsp3) is 0. The molecule has 5 nitrogen and oxygen atoms in total. The highest BCUT2D eigenvalue weighted by atomic mass is 14.9. The second kappa shape index (κ2) is 5.46. The lowest BCUT2D eigenvalue weighted by Crippen LogP contribution is -1.99. The zero-order valence-corrected chi connectivity index (χ0v) is 12.2. The van der Waals surface area contributed by atoms with E-state index in [1.165, 1.54) is 0 Å². The summed E-state index contributed by atoms with van der Waals surface area (Å²) in [6, 6.07) is 17.0. The summed E-state index contributed by atoms with van der Waals surface area (Å²) >= 11 is 0. The number of benzene rings is 1. The van der Waals surface area contributed by atoms with E-state index in [9.17, 15) is 0 Å². The van der Waals surface area contributed by atoms with Gasteiger partial charge in [-0.3, -0.25) is 9.97 Å². The predicted octanol–water partition coefficient (Wildman–Crippen LogP) is 3.34. The van der Waals surface area contributed by atoms with E-state index in [0.717, 1.165) is 16.9 Å². The van der Waals surface area contributed by atoms with E-state index >= 15 is 0 Å². The Balaban J connectivity index is 2.07. The standard InChI is InChI=1S/C18H13N5/c19-12-6-5-9-15-16(12)23-18(14-8-2-4-11-21-14)17(22-15)13-7-1-3-10-20-13/h1-11H,19H2. The molecule has 0 saturated heterocycles. The molecule has 0 amide bonds. The minimum Gasteiger partial charge on any atom is -0.397 e. The lowest BCUT2D eigenvalue weighted by molar-refractivity contribution is 1.21. The van der Waals surface area contributed by atoms with E-state index in [-0.39, 0.29) is 0 Å². The third kappa shape index (κ3) is 2.38. The van der Waals surface area contributed by atoms with E-state index in [0.29, 0.717) is 22.6 Å². The number of rotatable bonds is 2. The van der Waals surface area contributed by atoms with Crippen LogP contribution < -0.4 is 5.73 Å². The van der Waals surface area contributed by atoms with Crippen molar-refractivity contribution < 1.29 is 0 Å². The second-order valence-corrected chi connectivity index (χ2v) is 5.07. The van der Waals surface area contributed by atoms with Crippen LogP contribution in [0.25, 0.3) is 33.8 Å². The molecule has 1 aromatic carbocycles. The molecule has 110 valence electrons. The molecule has 4 rings (SSSR count). The Kier molecular flexibility index (Phi) is 3.16. The molecule has 0 aliphatic carbocycles. The number of anilines is 1. The van der Waals surface area contributed by atoms with E-state index in [1.54, 1.807) is 12.4 Å². The predicted molar refractivity (Wildman–Crippen MR) is 90.4 cm³/mol. The van der Waals surface area contributed by atoms with Crippen LogP contribution in [0.15, 0.2) is 67.0 Å². The van der Waals surface area contributed by atoms with Crippen LogP contribution in [0.2, 0.25) is 0 Å². The van der Waals surface area contributed by atoms with Crippen LogP contribution in [0.4, 0.5) is 5.69 Å². The third-order valence-corrected chi connectivity index (χ3v) is 3.54. The molecule has 0 saturated carbocycles. The van der Waals surface area contributed by atoms with Gasteiger partial charge in [0.1, 0.15) is 16.9 Å². The molecule has 0 aliphatic heterocycles. The number of nitrogens with zero attached hydrogens (tertiary/aromatic N) is 4. The van der Waals surface area contributed by atoms with Crippen LogP contribution in [0.5, 0.6) is 0 Å². The van der Waals surface area contributed by atoms with Crippen molar-refractivity contribution in [1.29, 1.82) is 0 Å². The maximum Gasteiger partial charge on any atom is 0.117 e. The Labute approximate surface area is 132 Å². The van der Waals surface area contributed by atoms with Gasteiger partial charge < -0.3 is 5.73 Å². The van der Waals surface area contributed by atoms with Crippen LogP contribution >= 0.6 is 0 Å². The van der Waals surface area contributed by atoms with Crippen molar-refractivity contribution in [1.82, 2.24) is 19.9 Å². The number of hydrogen-bond donors (Lipinski definition) is 1. The molecule has 0 unspecified atom stereocenters. The first-order valence-corrected chi connectivity index (χ1v) is 7.22. The Morgan fingerprint density at radius 1 is 0.652 bits per heavy atom. The molecule has 0 atom stereocenters. The quantitative estimate of drug-likeness (QED) is 0.574. The highest BCUT2D eigenvalue weighted by Crippen LogP contribution is 2.30. The lowest BCUT2D eigenvalue weighted by atomic mass is 10.1. The summed E-state index contributed by atoms with van der Waals surface area (Å²) in [7, 11) is 0. The first-order chi connectivity index (χ1) is 11.3. The minimum atomic E-state index is 0.597. The average Bonchev–Trinajstić information content (AvgIpc) is 2.63. The van der Waals surface area contributed by atoms with E-state index in [4.69, 9.17) is 15.7 Å². The molecule has 0 spiro atoms. The number of pyridine rings is 2. The fourth-order valence-electron chi connectivity index (χ4n) is 2.46. The molecule has 0 aliphatic rings. The molecule has 0 radical (unpaired) electrons. The van der Waals surface area contributed by atoms with Gasteiger partial charge in [-0.25, -0.2) is 9.97 Å². The van der Waals surface area contributed by atoms with Crippen molar-refractivity contribution in [2.24, 2.45) is 0 Å². The molecule has 2 N–H and O–H groups in total. The van der Waals surface area contributed by atoms with Gasteiger partial charge in [-0.15, -0.1) is 0 Å². The monoisotopic (exact) mass is 299 g/mol. The number of aromatic nitrogens is 4.